The molecule has 0 aliphatic heterocycles. The number of anilines is 1. The predicted octanol–water partition coefficient (Wildman–Crippen LogP) is 4.21. The van der Waals surface area contributed by atoms with Crippen molar-refractivity contribution in [2.24, 2.45) is 4.99 Å². The van der Waals surface area contributed by atoms with Gasteiger partial charge in [0.2, 0.25) is 10.0 Å². The molecule has 0 saturated carbocycles. The molecule has 146 valence electrons. The van der Waals surface area contributed by atoms with Crippen LogP contribution in [-0.4, -0.2) is 40.4 Å². The number of nitrogens with one attached hydrogen (secondary N) is 1. The summed E-state index contributed by atoms with van der Waals surface area (Å²) in [7, 11) is -0.113. The molecule has 6 nitrogen and oxygen atoms in total. The van der Waals surface area contributed by atoms with E-state index in [1.54, 1.807) is 49.8 Å². The maximum Gasteiger partial charge on any atom is 0.236 e. The van der Waals surface area contributed by atoms with Crippen molar-refractivity contribution >= 4 is 39.3 Å². The second kappa shape index (κ2) is 9.10. The smallest absolute Gasteiger partial charge is 0.236 e. The molecule has 0 radical (unpaired) electrons. The largest absolute Gasteiger partial charge is 0.497 e. The minimum absolute atomic E-state index is 0.144. The van der Waals surface area contributed by atoms with Gasteiger partial charge in [-0.3, -0.25) is 4.72 Å². The van der Waals surface area contributed by atoms with Crippen molar-refractivity contribution in [2.45, 2.75) is 19.6 Å². The lowest BCUT2D eigenvalue weighted by Gasteiger charge is -2.13. The summed E-state index contributed by atoms with van der Waals surface area (Å²) in [6, 6.07) is 10.2. The molecule has 27 heavy (non-hydrogen) atoms. The van der Waals surface area contributed by atoms with E-state index < -0.39 is 10.0 Å². The highest BCUT2D eigenvalue weighted by Crippen LogP contribution is 2.31. The second-order valence-corrected chi connectivity index (χ2v) is 8.28. The molecule has 0 amide bonds. The van der Waals surface area contributed by atoms with Gasteiger partial charge in [-0.15, -0.1) is 0 Å². The molecule has 1 N–H and O–H groups in total. The predicted molar refractivity (Wildman–Crippen MR) is 112 cm³/mol. The van der Waals surface area contributed by atoms with Crippen molar-refractivity contribution in [2.75, 3.05) is 25.4 Å². The number of halogens is 1. The number of ether oxygens (including phenoxy) is 1. The van der Waals surface area contributed by atoms with Crippen LogP contribution in [0.3, 0.4) is 0 Å². The van der Waals surface area contributed by atoms with Crippen LogP contribution in [0.25, 0.3) is 0 Å². The lowest BCUT2D eigenvalue weighted by atomic mass is 10.2. The van der Waals surface area contributed by atoms with E-state index in [4.69, 9.17) is 16.3 Å². The first-order valence-corrected chi connectivity index (χ1v) is 10.4. The molecule has 0 atom stereocenters. The topological polar surface area (TPSA) is 71.0 Å². The molecule has 0 bridgehead atoms. The number of rotatable bonds is 8. The first-order valence-electron chi connectivity index (χ1n) is 8.42. The molecule has 0 heterocycles. The van der Waals surface area contributed by atoms with E-state index in [-0.39, 0.29) is 5.75 Å². The van der Waals surface area contributed by atoms with Gasteiger partial charge in [0.25, 0.3) is 0 Å². The SMILES string of the molecule is CCN(C)/C=N\c1cc(C)c(NS(=O)(=O)Cc2ccc(OC)cc2)cc1Cl. The maximum absolute atomic E-state index is 12.5. The average Bonchev–Trinajstić information content (AvgIpc) is 2.63. The Bertz CT molecular complexity index is 913. The minimum Gasteiger partial charge on any atom is -0.497 e. The van der Waals surface area contributed by atoms with Crippen LogP contribution in [0, 0.1) is 6.92 Å². The third kappa shape index (κ3) is 6.15. The van der Waals surface area contributed by atoms with E-state index in [0.29, 0.717) is 27.7 Å². The molecule has 0 aromatic heterocycles. The summed E-state index contributed by atoms with van der Waals surface area (Å²) in [5.41, 5.74) is 2.43. The van der Waals surface area contributed by atoms with Gasteiger partial charge < -0.3 is 9.64 Å². The molecule has 0 fully saturated rings. The number of hydrogen-bond donors (Lipinski definition) is 1. The number of benzene rings is 2. The first kappa shape index (κ1) is 21.1. The monoisotopic (exact) mass is 409 g/mol. The summed E-state index contributed by atoms with van der Waals surface area (Å²) >= 11 is 6.27. The fourth-order valence-electron chi connectivity index (χ4n) is 2.26. The van der Waals surface area contributed by atoms with Crippen LogP contribution in [0.2, 0.25) is 5.02 Å². The van der Waals surface area contributed by atoms with Crippen LogP contribution in [0.1, 0.15) is 18.1 Å². The van der Waals surface area contributed by atoms with E-state index in [2.05, 4.69) is 9.71 Å². The molecule has 0 spiro atoms. The van der Waals surface area contributed by atoms with Crippen molar-refractivity contribution in [3.63, 3.8) is 0 Å². The van der Waals surface area contributed by atoms with Gasteiger partial charge in [0, 0.05) is 13.6 Å². The fraction of sp³-hybridized carbons (Fsp3) is 0.316. The van der Waals surface area contributed by atoms with Gasteiger partial charge in [-0.2, -0.15) is 0 Å². The molecule has 0 aliphatic carbocycles. The molecular weight excluding hydrogens is 386 g/mol. The van der Waals surface area contributed by atoms with Gasteiger partial charge in [0.1, 0.15) is 5.75 Å². The van der Waals surface area contributed by atoms with Crippen LogP contribution in [0.5, 0.6) is 5.75 Å². The Kier molecular flexibility index (Phi) is 7.10. The third-order valence-electron chi connectivity index (χ3n) is 3.97. The Labute approximate surface area is 165 Å². The van der Waals surface area contributed by atoms with Crippen molar-refractivity contribution in [3.05, 3.63) is 52.5 Å². The quantitative estimate of drug-likeness (QED) is 0.523. The molecule has 0 aliphatic rings. The summed E-state index contributed by atoms with van der Waals surface area (Å²) in [5, 5.41) is 0.378. The Hall–Kier alpha value is -2.25. The zero-order valence-corrected chi connectivity index (χ0v) is 17.4. The molecule has 8 heteroatoms. The molecule has 2 rings (SSSR count). The molecule has 0 unspecified atom stereocenters. The lowest BCUT2D eigenvalue weighted by Crippen LogP contribution is -2.16. The highest BCUT2D eigenvalue weighted by Gasteiger charge is 2.15. The Morgan fingerprint density at radius 2 is 1.93 bits per heavy atom. The Balaban J connectivity index is 2.17. The average molecular weight is 410 g/mol. The number of nitrogens with zero attached hydrogens (tertiary/aromatic N) is 2. The van der Waals surface area contributed by atoms with Gasteiger partial charge in [0.15, 0.2) is 0 Å². The van der Waals surface area contributed by atoms with Crippen molar-refractivity contribution in [1.29, 1.82) is 0 Å². The fourth-order valence-corrected chi connectivity index (χ4v) is 3.73. The number of methoxy groups -OCH3 is 1. The van der Waals surface area contributed by atoms with E-state index in [1.165, 1.54) is 0 Å². The van der Waals surface area contributed by atoms with Gasteiger partial charge in [-0.1, -0.05) is 23.7 Å². The summed E-state index contributed by atoms with van der Waals surface area (Å²) in [5.74, 6) is 0.534. The van der Waals surface area contributed by atoms with E-state index >= 15 is 0 Å². The van der Waals surface area contributed by atoms with Crippen LogP contribution in [0.4, 0.5) is 11.4 Å². The van der Waals surface area contributed by atoms with Crippen LogP contribution >= 0.6 is 11.6 Å². The summed E-state index contributed by atoms with van der Waals surface area (Å²) in [4.78, 5) is 6.25. The third-order valence-corrected chi connectivity index (χ3v) is 5.51. The Morgan fingerprint density at radius 1 is 1.26 bits per heavy atom. The van der Waals surface area contributed by atoms with Gasteiger partial charge in [-0.05, 0) is 49.2 Å². The number of aliphatic imine (C=N–C) groups is 1. The molecule has 2 aromatic rings. The first-order chi connectivity index (χ1) is 12.7. The van der Waals surface area contributed by atoms with Crippen molar-refractivity contribution < 1.29 is 13.2 Å². The summed E-state index contributed by atoms with van der Waals surface area (Å²) in [6.45, 7) is 4.65. The standard InChI is InChI=1S/C19H24ClN3O3S/c1-5-23(3)13-21-19-10-14(2)18(11-17(19)20)22-27(24,25)12-15-6-8-16(26-4)9-7-15/h6-11,13,22H,5,12H2,1-4H3/b21-13-. The Morgan fingerprint density at radius 3 is 2.52 bits per heavy atom. The highest BCUT2D eigenvalue weighted by molar-refractivity contribution is 7.91. The number of aryl methyl sites for hydroxylation is 1. The highest BCUT2D eigenvalue weighted by atomic mass is 35.5. The van der Waals surface area contributed by atoms with Crippen LogP contribution in [-0.2, 0) is 15.8 Å². The summed E-state index contributed by atoms with van der Waals surface area (Å²) < 4.78 is 32.7. The number of sulfonamides is 1. The van der Waals surface area contributed by atoms with Crippen molar-refractivity contribution in [3.8, 4) is 5.75 Å². The second-order valence-electron chi connectivity index (χ2n) is 6.15. The molecule has 0 saturated heterocycles. The van der Waals surface area contributed by atoms with E-state index in [0.717, 1.165) is 12.1 Å². The van der Waals surface area contributed by atoms with Gasteiger partial charge in [0.05, 0.1) is 35.6 Å². The van der Waals surface area contributed by atoms with Crippen molar-refractivity contribution in [1.82, 2.24) is 4.90 Å². The maximum atomic E-state index is 12.5. The lowest BCUT2D eigenvalue weighted by molar-refractivity contribution is 0.414. The molecule has 2 aromatic carbocycles. The van der Waals surface area contributed by atoms with Crippen LogP contribution < -0.4 is 9.46 Å². The van der Waals surface area contributed by atoms with Gasteiger partial charge >= 0.3 is 0 Å². The van der Waals surface area contributed by atoms with E-state index in [1.807, 2.05) is 25.8 Å². The minimum atomic E-state index is -3.59. The zero-order chi connectivity index (χ0) is 20.0. The zero-order valence-electron chi connectivity index (χ0n) is 15.9. The normalized spacial score (nSPS) is 11.6. The van der Waals surface area contributed by atoms with Crippen LogP contribution in [0.15, 0.2) is 41.4 Å². The summed E-state index contributed by atoms with van der Waals surface area (Å²) in [6.07, 6.45) is 1.69. The van der Waals surface area contributed by atoms with Gasteiger partial charge in [-0.25, -0.2) is 13.4 Å². The van der Waals surface area contributed by atoms with E-state index in [9.17, 15) is 8.42 Å². The molecular formula is C19H24ClN3O3S. The number of hydrogen-bond acceptors (Lipinski definition) is 4.